The van der Waals surface area contributed by atoms with Crippen LogP contribution in [-0.2, 0) is 4.79 Å². The second-order valence-corrected chi connectivity index (χ2v) is 8.45. The molecule has 0 spiro atoms. The topological polar surface area (TPSA) is 84.2 Å². The van der Waals surface area contributed by atoms with Crippen LogP contribution in [0.4, 0.5) is 5.69 Å². The van der Waals surface area contributed by atoms with Gasteiger partial charge in [-0.25, -0.2) is 4.98 Å². The number of rotatable bonds is 4. The lowest BCUT2D eigenvalue weighted by molar-refractivity contribution is -0.118. The lowest BCUT2D eigenvalue weighted by Crippen LogP contribution is -2.31. The van der Waals surface area contributed by atoms with Gasteiger partial charge in [-0.1, -0.05) is 29.8 Å². The van der Waals surface area contributed by atoms with E-state index in [-0.39, 0.29) is 17.2 Å². The van der Waals surface area contributed by atoms with Crippen LogP contribution in [0.5, 0.6) is 5.75 Å². The Morgan fingerprint density at radius 3 is 2.43 bits per heavy atom. The van der Waals surface area contributed by atoms with E-state index in [9.17, 15) is 14.7 Å². The lowest BCUT2D eigenvalue weighted by Gasteiger charge is -2.15. The number of hydrogen-bond acceptors (Lipinski definition) is 5. The summed E-state index contributed by atoms with van der Waals surface area (Å²) in [6.45, 7) is 5.66. The van der Waals surface area contributed by atoms with Crippen molar-refractivity contribution in [2.75, 3.05) is 5.32 Å². The third-order valence-corrected chi connectivity index (χ3v) is 6.10. The van der Waals surface area contributed by atoms with E-state index in [4.69, 9.17) is 0 Å². The van der Waals surface area contributed by atoms with Gasteiger partial charge in [0, 0.05) is 16.1 Å². The largest absolute Gasteiger partial charge is 0.508 e. The van der Waals surface area contributed by atoms with Crippen LogP contribution >= 0.6 is 11.3 Å². The minimum Gasteiger partial charge on any atom is -0.508 e. The quantitative estimate of drug-likeness (QED) is 0.472. The van der Waals surface area contributed by atoms with E-state index >= 15 is 0 Å². The zero-order valence-electron chi connectivity index (χ0n) is 16.8. The van der Waals surface area contributed by atoms with Gasteiger partial charge in [0.2, 0.25) is 5.91 Å². The molecule has 152 valence electrons. The monoisotopic (exact) mass is 419 g/mol. The third kappa shape index (κ3) is 3.59. The summed E-state index contributed by atoms with van der Waals surface area (Å²) < 4.78 is 1.36. The third-order valence-electron chi connectivity index (χ3n) is 5.09. The molecule has 2 N–H and O–H groups in total. The molecule has 1 atom stereocenters. The Hall–Kier alpha value is -3.45. The highest BCUT2D eigenvalue weighted by atomic mass is 32.1. The molecular formula is C23H21N3O3S. The van der Waals surface area contributed by atoms with E-state index in [1.165, 1.54) is 34.4 Å². The smallest absolute Gasteiger partial charge is 0.263 e. The minimum atomic E-state index is -0.755. The fourth-order valence-corrected chi connectivity index (χ4v) is 4.38. The molecule has 0 aliphatic heterocycles. The molecular weight excluding hydrogens is 398 g/mol. The molecule has 2 aromatic carbocycles. The summed E-state index contributed by atoms with van der Waals surface area (Å²) in [5.41, 5.74) is 3.27. The maximum atomic E-state index is 13.4. The van der Waals surface area contributed by atoms with Crippen LogP contribution in [0, 0.1) is 13.8 Å². The first kappa shape index (κ1) is 19.8. The van der Waals surface area contributed by atoms with Crippen LogP contribution in [0.1, 0.15) is 23.4 Å². The van der Waals surface area contributed by atoms with E-state index in [0.717, 1.165) is 21.6 Å². The minimum absolute atomic E-state index is 0.114. The Morgan fingerprint density at radius 1 is 1.10 bits per heavy atom. The van der Waals surface area contributed by atoms with Crippen molar-refractivity contribution >= 4 is 33.1 Å². The number of carbonyl (C=O) groups is 1. The average Bonchev–Trinajstić information content (AvgIpc) is 3.07. The van der Waals surface area contributed by atoms with Gasteiger partial charge >= 0.3 is 0 Å². The molecule has 6 nitrogen and oxygen atoms in total. The predicted molar refractivity (Wildman–Crippen MR) is 120 cm³/mol. The van der Waals surface area contributed by atoms with Crippen molar-refractivity contribution < 1.29 is 9.90 Å². The average molecular weight is 420 g/mol. The van der Waals surface area contributed by atoms with Crippen molar-refractivity contribution in [1.82, 2.24) is 9.55 Å². The predicted octanol–water partition coefficient (Wildman–Crippen LogP) is 4.65. The van der Waals surface area contributed by atoms with Gasteiger partial charge in [-0.2, -0.15) is 0 Å². The molecule has 1 amide bonds. The van der Waals surface area contributed by atoms with Crippen molar-refractivity contribution in [3.63, 3.8) is 0 Å². The molecule has 1 unspecified atom stereocenters. The molecule has 4 aromatic rings. The number of anilines is 1. The molecule has 2 heterocycles. The Balaban J connectivity index is 1.74. The van der Waals surface area contributed by atoms with Gasteiger partial charge < -0.3 is 10.4 Å². The van der Waals surface area contributed by atoms with E-state index in [1.807, 2.05) is 38.1 Å². The summed E-state index contributed by atoms with van der Waals surface area (Å²) in [6, 6.07) is 13.5. The molecule has 4 rings (SSSR count). The number of phenolic OH excluding ortho intramolecular Hbond substituents is 1. The zero-order chi connectivity index (χ0) is 21.4. The second-order valence-electron chi connectivity index (χ2n) is 7.25. The van der Waals surface area contributed by atoms with Gasteiger partial charge in [0.1, 0.15) is 16.6 Å². The number of nitrogens with one attached hydrogen (secondary N) is 1. The number of thiophene rings is 1. The SMILES string of the molecule is Cc1ccc(-c2c(C)sc3ncn(C(C)C(=O)Nc4ccc(O)cc4)c(=O)c23)cc1. The second kappa shape index (κ2) is 7.76. The molecule has 30 heavy (non-hydrogen) atoms. The van der Waals surface area contributed by atoms with Crippen LogP contribution in [0.3, 0.4) is 0 Å². The first-order valence-corrected chi connectivity index (χ1v) is 10.3. The highest BCUT2D eigenvalue weighted by Crippen LogP contribution is 2.35. The molecule has 0 bridgehead atoms. The van der Waals surface area contributed by atoms with Gasteiger partial charge in [-0.15, -0.1) is 11.3 Å². The van der Waals surface area contributed by atoms with Crippen LogP contribution in [0.2, 0.25) is 0 Å². The van der Waals surface area contributed by atoms with Gasteiger partial charge in [-0.3, -0.25) is 14.2 Å². The standard InChI is InChI=1S/C23H21N3O3S/c1-13-4-6-16(7-5-13)19-15(3)30-22-20(19)23(29)26(12-24-22)14(2)21(28)25-17-8-10-18(27)11-9-17/h4-12,14,27H,1-3H3,(H,25,28). The van der Waals surface area contributed by atoms with Crippen LogP contribution < -0.4 is 10.9 Å². The summed E-state index contributed by atoms with van der Waals surface area (Å²) in [6.07, 6.45) is 1.43. The van der Waals surface area contributed by atoms with Gasteiger partial charge in [-0.05, 0) is 50.6 Å². The Kier molecular flexibility index (Phi) is 5.13. The molecule has 2 aromatic heterocycles. The molecule has 0 saturated heterocycles. The number of phenols is 1. The number of benzene rings is 2. The number of carbonyl (C=O) groups excluding carboxylic acids is 1. The molecule has 0 aliphatic carbocycles. The van der Waals surface area contributed by atoms with Crippen LogP contribution in [0.25, 0.3) is 21.3 Å². The van der Waals surface area contributed by atoms with E-state index in [0.29, 0.717) is 15.9 Å². The number of aryl methyl sites for hydroxylation is 2. The first-order chi connectivity index (χ1) is 14.3. The maximum absolute atomic E-state index is 13.4. The fraction of sp³-hybridized carbons (Fsp3) is 0.174. The Labute approximate surface area is 177 Å². The number of aromatic hydroxyl groups is 1. The normalized spacial score (nSPS) is 12.1. The number of hydrogen-bond donors (Lipinski definition) is 2. The maximum Gasteiger partial charge on any atom is 0.263 e. The summed E-state index contributed by atoms with van der Waals surface area (Å²) in [5, 5.41) is 12.7. The van der Waals surface area contributed by atoms with Gasteiger partial charge in [0.15, 0.2) is 0 Å². The summed E-state index contributed by atoms with van der Waals surface area (Å²) in [7, 11) is 0. The van der Waals surface area contributed by atoms with Crippen molar-refractivity contribution in [2.45, 2.75) is 26.8 Å². The summed E-state index contributed by atoms with van der Waals surface area (Å²) in [4.78, 5) is 32.2. The van der Waals surface area contributed by atoms with E-state index in [1.54, 1.807) is 19.1 Å². The number of nitrogens with zero attached hydrogens (tertiary/aromatic N) is 2. The molecule has 0 radical (unpaired) electrons. The van der Waals surface area contributed by atoms with Gasteiger partial charge in [0.25, 0.3) is 5.56 Å². The fourth-order valence-electron chi connectivity index (χ4n) is 3.38. The van der Waals surface area contributed by atoms with Crippen molar-refractivity contribution in [2.24, 2.45) is 0 Å². The molecule has 0 saturated carbocycles. The number of amides is 1. The summed E-state index contributed by atoms with van der Waals surface area (Å²) in [5.74, 6) is -0.226. The molecule has 7 heteroatoms. The van der Waals surface area contributed by atoms with E-state index in [2.05, 4.69) is 10.3 Å². The highest BCUT2D eigenvalue weighted by molar-refractivity contribution is 7.19. The van der Waals surface area contributed by atoms with Crippen LogP contribution in [-0.4, -0.2) is 20.6 Å². The van der Waals surface area contributed by atoms with E-state index < -0.39 is 6.04 Å². The highest BCUT2D eigenvalue weighted by Gasteiger charge is 2.22. The summed E-state index contributed by atoms with van der Waals surface area (Å²) >= 11 is 1.48. The zero-order valence-corrected chi connectivity index (χ0v) is 17.7. The Bertz CT molecular complexity index is 1290. The Morgan fingerprint density at radius 2 is 1.77 bits per heavy atom. The van der Waals surface area contributed by atoms with Crippen molar-refractivity contribution in [3.05, 3.63) is 75.7 Å². The van der Waals surface area contributed by atoms with Crippen molar-refractivity contribution in [1.29, 1.82) is 0 Å². The first-order valence-electron chi connectivity index (χ1n) is 9.52. The van der Waals surface area contributed by atoms with Crippen molar-refractivity contribution in [3.8, 4) is 16.9 Å². The van der Waals surface area contributed by atoms with Gasteiger partial charge in [0.05, 0.1) is 11.7 Å². The lowest BCUT2D eigenvalue weighted by atomic mass is 10.0. The molecule has 0 fully saturated rings. The van der Waals surface area contributed by atoms with Crippen LogP contribution in [0.15, 0.2) is 59.7 Å². The molecule has 0 aliphatic rings. The number of fused-ring (bicyclic) bond motifs is 1. The number of aromatic nitrogens is 2.